The summed E-state index contributed by atoms with van der Waals surface area (Å²) in [7, 11) is 0. The van der Waals surface area contributed by atoms with Crippen molar-refractivity contribution in [3.05, 3.63) is 34.9 Å². The highest BCUT2D eigenvalue weighted by atomic mass is 19.1. The number of halogens is 1. The fraction of sp³-hybridized carbons (Fsp3) is 0.680. The molecule has 2 atom stereocenters. The largest absolute Gasteiger partial charge is 0.507 e. The van der Waals surface area contributed by atoms with Gasteiger partial charge in [0, 0.05) is 11.5 Å². The Morgan fingerprint density at radius 3 is 2.07 bits per heavy atom. The molecule has 0 aliphatic heterocycles. The van der Waals surface area contributed by atoms with Crippen molar-refractivity contribution in [1.82, 2.24) is 0 Å². The van der Waals surface area contributed by atoms with Gasteiger partial charge in [-0.05, 0) is 54.9 Å². The predicted octanol–water partition coefficient (Wildman–Crippen LogP) is 7.92. The molecule has 0 saturated carbocycles. The summed E-state index contributed by atoms with van der Waals surface area (Å²) in [5.74, 6) is 0.139. The lowest BCUT2D eigenvalue weighted by Crippen LogP contribution is -2.18. The minimum absolute atomic E-state index is 0.0937. The van der Waals surface area contributed by atoms with Crippen LogP contribution in [0.4, 0.5) is 4.39 Å². The number of phenols is 2. The molecule has 2 unspecified atom stereocenters. The normalized spacial score (nSPS) is 19.6. The van der Waals surface area contributed by atoms with Crippen LogP contribution in [0.1, 0.15) is 110 Å². The first-order chi connectivity index (χ1) is 13.2. The SMILES string of the molecule is CCC.CCCCCCC(C)(C)c1cc(O)c(C2C=C(C)C(F)CC2)c(O)c1. The lowest BCUT2D eigenvalue weighted by atomic mass is 9.77. The summed E-state index contributed by atoms with van der Waals surface area (Å²) in [6.07, 6.45) is 9.09. The molecule has 2 rings (SSSR count). The van der Waals surface area contributed by atoms with Gasteiger partial charge in [0.1, 0.15) is 17.7 Å². The molecule has 1 aromatic rings. The van der Waals surface area contributed by atoms with Crippen molar-refractivity contribution in [2.24, 2.45) is 0 Å². The van der Waals surface area contributed by atoms with Crippen molar-refractivity contribution in [2.45, 2.75) is 110 Å². The Bertz CT molecular complexity index is 610. The van der Waals surface area contributed by atoms with E-state index in [0.29, 0.717) is 24.0 Å². The standard InChI is InChI=1S/C22H33FO2.C3H8/c1-5-6-7-8-11-22(3,4)17-13-19(24)21(20(25)14-17)16-9-10-18(23)15(2)12-16;1-3-2/h12-14,16,18,24-25H,5-11H2,1-4H3;3H2,1-2H3. The van der Waals surface area contributed by atoms with E-state index in [1.54, 1.807) is 19.1 Å². The molecule has 28 heavy (non-hydrogen) atoms. The second-order valence-electron chi connectivity index (χ2n) is 8.89. The fourth-order valence-electron chi connectivity index (χ4n) is 3.82. The van der Waals surface area contributed by atoms with Gasteiger partial charge in [-0.3, -0.25) is 0 Å². The zero-order chi connectivity index (χ0) is 21.3. The summed E-state index contributed by atoms with van der Waals surface area (Å²) in [5.41, 5.74) is 2.10. The number of hydrogen-bond acceptors (Lipinski definition) is 2. The first-order valence-electron chi connectivity index (χ1n) is 11.1. The highest BCUT2D eigenvalue weighted by Crippen LogP contribution is 2.44. The van der Waals surface area contributed by atoms with Crippen molar-refractivity contribution in [2.75, 3.05) is 0 Å². The van der Waals surface area contributed by atoms with Gasteiger partial charge in [0.05, 0.1) is 0 Å². The molecule has 1 aliphatic rings. The first kappa shape index (κ1) is 24.5. The van der Waals surface area contributed by atoms with Gasteiger partial charge in [0.2, 0.25) is 0 Å². The Kier molecular flexibility index (Phi) is 10.1. The van der Waals surface area contributed by atoms with E-state index in [1.165, 1.54) is 25.7 Å². The topological polar surface area (TPSA) is 40.5 Å². The molecule has 2 nitrogen and oxygen atoms in total. The zero-order valence-corrected chi connectivity index (χ0v) is 18.8. The van der Waals surface area contributed by atoms with Crippen LogP contribution in [0.3, 0.4) is 0 Å². The smallest absolute Gasteiger partial charge is 0.123 e. The van der Waals surface area contributed by atoms with E-state index < -0.39 is 6.17 Å². The Labute approximate surface area is 171 Å². The summed E-state index contributed by atoms with van der Waals surface area (Å²) in [5, 5.41) is 21.1. The van der Waals surface area contributed by atoms with Crippen LogP contribution in [-0.4, -0.2) is 16.4 Å². The predicted molar refractivity (Wildman–Crippen MR) is 118 cm³/mol. The number of aromatic hydroxyl groups is 2. The van der Waals surface area contributed by atoms with Crippen molar-refractivity contribution in [1.29, 1.82) is 0 Å². The number of allylic oxidation sites excluding steroid dienone is 2. The molecule has 160 valence electrons. The summed E-state index contributed by atoms with van der Waals surface area (Å²) < 4.78 is 13.7. The monoisotopic (exact) mass is 392 g/mol. The lowest BCUT2D eigenvalue weighted by molar-refractivity contribution is 0.329. The van der Waals surface area contributed by atoms with Crippen LogP contribution in [0.15, 0.2) is 23.8 Å². The van der Waals surface area contributed by atoms with Gasteiger partial charge in [0.25, 0.3) is 0 Å². The van der Waals surface area contributed by atoms with Crippen LogP contribution >= 0.6 is 0 Å². The van der Waals surface area contributed by atoms with Crippen molar-refractivity contribution < 1.29 is 14.6 Å². The van der Waals surface area contributed by atoms with Crippen molar-refractivity contribution in [3.63, 3.8) is 0 Å². The number of phenolic OH excluding ortho intramolecular Hbond substituents is 2. The van der Waals surface area contributed by atoms with Crippen LogP contribution in [0.2, 0.25) is 0 Å². The van der Waals surface area contributed by atoms with Crippen LogP contribution in [0, 0.1) is 0 Å². The number of rotatable bonds is 7. The summed E-state index contributed by atoms with van der Waals surface area (Å²) in [4.78, 5) is 0. The third kappa shape index (κ3) is 6.83. The maximum Gasteiger partial charge on any atom is 0.123 e. The minimum Gasteiger partial charge on any atom is -0.507 e. The van der Waals surface area contributed by atoms with E-state index in [0.717, 1.165) is 18.4 Å². The van der Waals surface area contributed by atoms with E-state index in [2.05, 4.69) is 34.6 Å². The number of alkyl halides is 1. The second kappa shape index (κ2) is 11.5. The Morgan fingerprint density at radius 2 is 1.57 bits per heavy atom. The van der Waals surface area contributed by atoms with Gasteiger partial charge >= 0.3 is 0 Å². The molecule has 0 radical (unpaired) electrons. The molecular weight excluding hydrogens is 351 g/mol. The molecule has 3 heteroatoms. The first-order valence-corrected chi connectivity index (χ1v) is 11.1. The maximum atomic E-state index is 13.7. The molecular formula is C25H41FO2. The summed E-state index contributed by atoms with van der Waals surface area (Å²) in [6, 6.07) is 3.58. The molecule has 1 aromatic carbocycles. The Morgan fingerprint density at radius 1 is 1.00 bits per heavy atom. The molecule has 0 fully saturated rings. The quantitative estimate of drug-likeness (QED) is 0.365. The van der Waals surface area contributed by atoms with Crippen molar-refractivity contribution >= 4 is 0 Å². The van der Waals surface area contributed by atoms with E-state index in [4.69, 9.17) is 0 Å². The second-order valence-corrected chi connectivity index (χ2v) is 8.89. The molecule has 0 aromatic heterocycles. The average molecular weight is 393 g/mol. The van der Waals surface area contributed by atoms with Gasteiger partial charge < -0.3 is 10.2 Å². The molecule has 0 saturated heterocycles. The van der Waals surface area contributed by atoms with E-state index in [1.807, 2.05) is 6.08 Å². The molecule has 0 amide bonds. The summed E-state index contributed by atoms with van der Waals surface area (Å²) >= 11 is 0. The van der Waals surface area contributed by atoms with E-state index >= 15 is 0 Å². The summed E-state index contributed by atoms with van der Waals surface area (Å²) in [6.45, 7) is 12.5. The third-order valence-corrected chi connectivity index (χ3v) is 5.63. The van der Waals surface area contributed by atoms with E-state index in [-0.39, 0.29) is 22.8 Å². The van der Waals surface area contributed by atoms with E-state index in [9.17, 15) is 14.6 Å². The van der Waals surface area contributed by atoms with Crippen LogP contribution in [0.5, 0.6) is 11.5 Å². The fourth-order valence-corrected chi connectivity index (χ4v) is 3.82. The number of hydrogen-bond donors (Lipinski definition) is 2. The molecule has 2 N–H and O–H groups in total. The Balaban J connectivity index is 0.00000122. The number of unbranched alkanes of at least 4 members (excludes halogenated alkanes) is 3. The van der Waals surface area contributed by atoms with Gasteiger partial charge in [-0.25, -0.2) is 4.39 Å². The maximum absolute atomic E-state index is 13.7. The average Bonchev–Trinajstić information content (AvgIpc) is 2.62. The van der Waals surface area contributed by atoms with Gasteiger partial charge in [-0.1, -0.05) is 72.8 Å². The Hall–Kier alpha value is -1.51. The van der Waals surface area contributed by atoms with Crippen LogP contribution < -0.4 is 0 Å². The minimum atomic E-state index is -0.901. The highest BCUT2D eigenvalue weighted by molar-refractivity contribution is 5.52. The molecule has 1 aliphatic carbocycles. The zero-order valence-electron chi connectivity index (χ0n) is 18.8. The van der Waals surface area contributed by atoms with Gasteiger partial charge in [-0.2, -0.15) is 0 Å². The highest BCUT2D eigenvalue weighted by Gasteiger charge is 2.28. The van der Waals surface area contributed by atoms with Crippen molar-refractivity contribution in [3.8, 4) is 11.5 Å². The van der Waals surface area contributed by atoms with Crippen LogP contribution in [-0.2, 0) is 5.41 Å². The molecule has 0 heterocycles. The third-order valence-electron chi connectivity index (χ3n) is 5.63. The lowest BCUT2D eigenvalue weighted by Gasteiger charge is -2.28. The van der Waals surface area contributed by atoms with Crippen LogP contribution in [0.25, 0.3) is 0 Å². The number of benzene rings is 1. The van der Waals surface area contributed by atoms with Gasteiger partial charge in [0.15, 0.2) is 0 Å². The van der Waals surface area contributed by atoms with Gasteiger partial charge in [-0.15, -0.1) is 0 Å². The molecule has 0 bridgehead atoms. The molecule has 0 spiro atoms.